The van der Waals surface area contributed by atoms with Gasteiger partial charge in [0.25, 0.3) is 0 Å². The Hall–Kier alpha value is -3.03. The van der Waals surface area contributed by atoms with Crippen LogP contribution in [0.3, 0.4) is 0 Å². The molecule has 1 saturated heterocycles. The molecule has 1 fully saturated rings. The van der Waals surface area contributed by atoms with Crippen molar-refractivity contribution >= 4 is 11.6 Å². The molecular weight excluding hydrogens is 340 g/mol. The molecule has 0 amide bonds. The first-order valence-corrected chi connectivity index (χ1v) is 9.17. The zero-order chi connectivity index (χ0) is 19.0. The summed E-state index contributed by atoms with van der Waals surface area (Å²) in [7, 11) is 0. The van der Waals surface area contributed by atoms with Crippen LogP contribution in [0, 0.1) is 27.7 Å². The van der Waals surface area contributed by atoms with E-state index in [4.69, 9.17) is 0 Å². The van der Waals surface area contributed by atoms with Gasteiger partial charge in [-0.25, -0.2) is 24.6 Å². The van der Waals surface area contributed by atoms with E-state index in [1.54, 1.807) is 6.33 Å². The van der Waals surface area contributed by atoms with E-state index in [9.17, 15) is 0 Å². The standard InChI is InChI=1S/C19H24N8/c1-13-10-17(21-12-20-13)25-5-7-26(8-6-25)18-11-19(23-16(4)22-18)27-15(3)9-14(2)24-27/h9-12H,5-8H2,1-4H3. The van der Waals surface area contributed by atoms with E-state index in [2.05, 4.69) is 40.9 Å². The molecule has 0 saturated carbocycles. The molecule has 4 rings (SSSR count). The largest absolute Gasteiger partial charge is 0.353 e. The number of aryl methyl sites for hydroxylation is 4. The summed E-state index contributed by atoms with van der Waals surface area (Å²) < 4.78 is 1.88. The van der Waals surface area contributed by atoms with Crippen molar-refractivity contribution in [2.75, 3.05) is 36.0 Å². The number of rotatable bonds is 3. The van der Waals surface area contributed by atoms with Crippen molar-refractivity contribution in [3.05, 3.63) is 47.4 Å². The number of anilines is 2. The van der Waals surface area contributed by atoms with Gasteiger partial charge in [-0.15, -0.1) is 0 Å². The summed E-state index contributed by atoms with van der Waals surface area (Å²) in [6, 6.07) is 6.11. The molecule has 27 heavy (non-hydrogen) atoms. The van der Waals surface area contributed by atoms with Crippen LogP contribution in [0.4, 0.5) is 11.6 Å². The van der Waals surface area contributed by atoms with E-state index in [0.29, 0.717) is 0 Å². The average Bonchev–Trinajstić information content (AvgIpc) is 2.99. The Kier molecular flexibility index (Phi) is 4.47. The summed E-state index contributed by atoms with van der Waals surface area (Å²) >= 11 is 0. The van der Waals surface area contributed by atoms with Gasteiger partial charge >= 0.3 is 0 Å². The smallest absolute Gasteiger partial charge is 0.159 e. The Balaban J connectivity index is 1.54. The van der Waals surface area contributed by atoms with E-state index < -0.39 is 0 Å². The maximum absolute atomic E-state index is 4.66. The zero-order valence-electron chi connectivity index (χ0n) is 16.2. The minimum absolute atomic E-state index is 0.754. The van der Waals surface area contributed by atoms with E-state index >= 15 is 0 Å². The van der Waals surface area contributed by atoms with E-state index in [0.717, 1.165) is 66.5 Å². The van der Waals surface area contributed by atoms with Crippen LogP contribution in [0.1, 0.15) is 22.9 Å². The van der Waals surface area contributed by atoms with E-state index in [1.807, 2.05) is 44.5 Å². The molecule has 0 aliphatic carbocycles. The highest BCUT2D eigenvalue weighted by atomic mass is 15.3. The first-order valence-electron chi connectivity index (χ1n) is 9.17. The molecule has 0 aromatic carbocycles. The lowest BCUT2D eigenvalue weighted by atomic mass is 10.3. The molecule has 0 spiro atoms. The monoisotopic (exact) mass is 364 g/mol. The minimum atomic E-state index is 0.754. The Morgan fingerprint density at radius 2 is 1.37 bits per heavy atom. The highest BCUT2D eigenvalue weighted by Crippen LogP contribution is 2.20. The van der Waals surface area contributed by atoms with Crippen LogP contribution in [0.15, 0.2) is 24.5 Å². The molecule has 0 bridgehead atoms. The average molecular weight is 364 g/mol. The molecule has 3 aromatic rings. The Labute approximate surface area is 158 Å². The second-order valence-corrected chi connectivity index (χ2v) is 6.96. The highest BCUT2D eigenvalue weighted by molar-refractivity contribution is 5.48. The molecule has 0 radical (unpaired) electrons. The maximum atomic E-state index is 4.66. The third-order valence-corrected chi connectivity index (χ3v) is 4.75. The summed E-state index contributed by atoms with van der Waals surface area (Å²) in [5.74, 6) is 3.51. The molecule has 4 heterocycles. The second kappa shape index (κ2) is 6.94. The molecule has 8 heteroatoms. The third kappa shape index (κ3) is 3.60. The van der Waals surface area contributed by atoms with Gasteiger partial charge < -0.3 is 9.80 Å². The quantitative estimate of drug-likeness (QED) is 0.704. The summed E-state index contributed by atoms with van der Waals surface area (Å²) in [6.07, 6.45) is 1.63. The second-order valence-electron chi connectivity index (χ2n) is 6.96. The molecule has 0 atom stereocenters. The molecule has 0 N–H and O–H groups in total. The topological polar surface area (TPSA) is 75.9 Å². The van der Waals surface area contributed by atoms with Gasteiger partial charge in [-0.3, -0.25) is 0 Å². The predicted octanol–water partition coefficient (Wildman–Crippen LogP) is 2.01. The zero-order valence-corrected chi connectivity index (χ0v) is 16.2. The fourth-order valence-electron chi connectivity index (χ4n) is 3.45. The first kappa shape index (κ1) is 17.4. The van der Waals surface area contributed by atoms with Gasteiger partial charge in [-0.05, 0) is 33.8 Å². The molecule has 8 nitrogen and oxygen atoms in total. The fraction of sp³-hybridized carbons (Fsp3) is 0.421. The van der Waals surface area contributed by atoms with Crippen LogP contribution in [-0.4, -0.2) is 55.9 Å². The number of aromatic nitrogens is 6. The number of piperazine rings is 1. The van der Waals surface area contributed by atoms with Crippen molar-refractivity contribution in [1.82, 2.24) is 29.7 Å². The predicted molar refractivity (Wildman–Crippen MR) is 105 cm³/mol. The van der Waals surface area contributed by atoms with Gasteiger partial charge in [0.05, 0.1) is 5.69 Å². The number of nitrogens with zero attached hydrogens (tertiary/aromatic N) is 8. The van der Waals surface area contributed by atoms with Crippen LogP contribution in [0.25, 0.3) is 5.82 Å². The van der Waals surface area contributed by atoms with Crippen LogP contribution >= 0.6 is 0 Å². The lowest BCUT2D eigenvalue weighted by Crippen LogP contribution is -2.47. The van der Waals surface area contributed by atoms with Gasteiger partial charge in [-0.1, -0.05) is 0 Å². The van der Waals surface area contributed by atoms with E-state index in [1.165, 1.54) is 0 Å². The first-order chi connectivity index (χ1) is 13.0. The van der Waals surface area contributed by atoms with Crippen LogP contribution in [-0.2, 0) is 0 Å². The van der Waals surface area contributed by atoms with E-state index in [-0.39, 0.29) is 0 Å². The summed E-state index contributed by atoms with van der Waals surface area (Å²) in [5, 5.41) is 4.55. The molecular formula is C19H24N8. The maximum Gasteiger partial charge on any atom is 0.159 e. The van der Waals surface area contributed by atoms with Crippen LogP contribution < -0.4 is 9.80 Å². The normalized spacial score (nSPS) is 14.7. The number of hydrogen-bond acceptors (Lipinski definition) is 7. The lowest BCUT2D eigenvalue weighted by Gasteiger charge is -2.36. The Bertz CT molecular complexity index is 956. The minimum Gasteiger partial charge on any atom is -0.353 e. The van der Waals surface area contributed by atoms with Crippen molar-refractivity contribution in [2.24, 2.45) is 0 Å². The fourth-order valence-corrected chi connectivity index (χ4v) is 3.45. The van der Waals surface area contributed by atoms with Crippen LogP contribution in [0.5, 0.6) is 0 Å². The molecule has 0 unspecified atom stereocenters. The van der Waals surface area contributed by atoms with Gasteiger partial charge in [0.15, 0.2) is 5.82 Å². The Morgan fingerprint density at radius 1 is 0.704 bits per heavy atom. The van der Waals surface area contributed by atoms with Gasteiger partial charge in [0.1, 0.15) is 23.8 Å². The molecule has 3 aromatic heterocycles. The SMILES string of the molecule is Cc1cc(N2CCN(c3cc(-n4nc(C)cc4C)nc(C)n3)CC2)ncn1. The van der Waals surface area contributed by atoms with Crippen LogP contribution in [0.2, 0.25) is 0 Å². The molecule has 1 aliphatic rings. The van der Waals surface area contributed by atoms with Gasteiger partial charge in [-0.2, -0.15) is 5.10 Å². The van der Waals surface area contributed by atoms with Crippen molar-refractivity contribution in [3.8, 4) is 5.82 Å². The summed E-state index contributed by atoms with van der Waals surface area (Å²) in [6.45, 7) is 11.5. The van der Waals surface area contributed by atoms with Gasteiger partial charge in [0.2, 0.25) is 0 Å². The summed E-state index contributed by atoms with van der Waals surface area (Å²) in [5.41, 5.74) is 3.04. The van der Waals surface area contributed by atoms with Crippen molar-refractivity contribution in [1.29, 1.82) is 0 Å². The third-order valence-electron chi connectivity index (χ3n) is 4.75. The molecule has 1 aliphatic heterocycles. The van der Waals surface area contributed by atoms with Gasteiger partial charge in [0, 0.05) is 49.7 Å². The Morgan fingerprint density at radius 3 is 2.00 bits per heavy atom. The molecule has 140 valence electrons. The highest BCUT2D eigenvalue weighted by Gasteiger charge is 2.20. The summed E-state index contributed by atoms with van der Waals surface area (Å²) in [4.78, 5) is 22.4. The van der Waals surface area contributed by atoms with Crippen molar-refractivity contribution in [3.63, 3.8) is 0 Å². The lowest BCUT2D eigenvalue weighted by molar-refractivity contribution is 0.637. The number of hydrogen-bond donors (Lipinski definition) is 0. The van der Waals surface area contributed by atoms with Crippen molar-refractivity contribution in [2.45, 2.75) is 27.7 Å². The van der Waals surface area contributed by atoms with Crippen molar-refractivity contribution < 1.29 is 0 Å².